The second-order valence-corrected chi connectivity index (χ2v) is 4.92. The van der Waals surface area contributed by atoms with E-state index in [-0.39, 0.29) is 12.5 Å². The van der Waals surface area contributed by atoms with Gasteiger partial charge in [-0.2, -0.15) is 0 Å². The van der Waals surface area contributed by atoms with Gasteiger partial charge in [-0.3, -0.25) is 9.78 Å². The molecule has 0 saturated carbocycles. The highest BCUT2D eigenvalue weighted by molar-refractivity contribution is 9.10. The molecule has 2 rings (SSSR count). The summed E-state index contributed by atoms with van der Waals surface area (Å²) in [7, 11) is 0. The molecule has 0 saturated heterocycles. The van der Waals surface area contributed by atoms with Gasteiger partial charge < -0.3 is 9.64 Å². The van der Waals surface area contributed by atoms with Crippen LogP contribution in [0.25, 0.3) is 0 Å². The average Bonchev–Trinajstić information content (AvgIpc) is 2.48. The van der Waals surface area contributed by atoms with Crippen LogP contribution in [0, 0.1) is 0 Å². The number of pyridine rings is 1. The van der Waals surface area contributed by atoms with Crippen LogP contribution in [0.5, 0.6) is 5.75 Å². The number of amides is 1. The molecule has 0 spiro atoms. The number of halogens is 1. The number of hydrogen-bond donors (Lipinski definition) is 0. The highest BCUT2D eigenvalue weighted by atomic mass is 79.9. The van der Waals surface area contributed by atoms with Crippen LogP contribution < -0.4 is 9.64 Å². The Bertz CT molecular complexity index is 575. The summed E-state index contributed by atoms with van der Waals surface area (Å²) < 4.78 is 6.38. The Morgan fingerprint density at radius 1 is 1.30 bits per heavy atom. The van der Waals surface area contributed by atoms with E-state index in [1.165, 1.54) is 0 Å². The number of ether oxygens (including phenoxy) is 1. The smallest absolute Gasteiger partial charge is 0.264 e. The van der Waals surface area contributed by atoms with Gasteiger partial charge in [-0.1, -0.05) is 12.1 Å². The van der Waals surface area contributed by atoms with Crippen molar-refractivity contribution >= 4 is 27.5 Å². The molecule has 0 radical (unpaired) electrons. The topological polar surface area (TPSA) is 42.4 Å². The zero-order valence-corrected chi connectivity index (χ0v) is 12.7. The summed E-state index contributed by atoms with van der Waals surface area (Å²) in [5, 5.41) is 0. The molecule has 0 fully saturated rings. The number of carbonyl (C=O) groups excluding carboxylic acids is 1. The summed E-state index contributed by atoms with van der Waals surface area (Å²) in [6, 6.07) is 11.1. The van der Waals surface area contributed by atoms with Crippen molar-refractivity contribution in [2.24, 2.45) is 0 Å². The zero-order chi connectivity index (χ0) is 14.4. The third kappa shape index (κ3) is 3.57. The van der Waals surface area contributed by atoms with Crippen LogP contribution in [-0.4, -0.2) is 24.0 Å². The van der Waals surface area contributed by atoms with Gasteiger partial charge in [0.2, 0.25) is 0 Å². The Balaban J connectivity index is 2.02. The second kappa shape index (κ2) is 7.05. The number of nitrogens with zero attached hydrogens (tertiary/aromatic N) is 2. The molecule has 1 heterocycles. The van der Waals surface area contributed by atoms with E-state index in [9.17, 15) is 4.79 Å². The van der Waals surface area contributed by atoms with Crippen molar-refractivity contribution in [3.8, 4) is 5.75 Å². The lowest BCUT2D eigenvalue weighted by Gasteiger charge is -2.20. The van der Waals surface area contributed by atoms with E-state index in [4.69, 9.17) is 4.74 Å². The van der Waals surface area contributed by atoms with Gasteiger partial charge in [-0.25, -0.2) is 0 Å². The Hall–Kier alpha value is -1.88. The van der Waals surface area contributed by atoms with E-state index in [0.717, 1.165) is 10.2 Å². The van der Waals surface area contributed by atoms with Gasteiger partial charge in [0.05, 0.1) is 16.4 Å². The minimum Gasteiger partial charge on any atom is -0.483 e. The fourth-order valence-electron chi connectivity index (χ4n) is 1.80. The maximum atomic E-state index is 12.2. The number of aromatic nitrogens is 1. The first kappa shape index (κ1) is 14.5. The molecule has 0 aliphatic rings. The first-order chi connectivity index (χ1) is 9.72. The first-order valence-electron chi connectivity index (χ1n) is 6.30. The van der Waals surface area contributed by atoms with Crippen LogP contribution in [0.2, 0.25) is 0 Å². The molecule has 0 atom stereocenters. The Morgan fingerprint density at radius 3 is 2.75 bits per heavy atom. The molecule has 2 aromatic rings. The van der Waals surface area contributed by atoms with Gasteiger partial charge in [-0.05, 0) is 47.1 Å². The molecule has 0 aliphatic carbocycles. The van der Waals surface area contributed by atoms with Crippen molar-refractivity contribution in [3.63, 3.8) is 0 Å². The molecule has 5 heteroatoms. The monoisotopic (exact) mass is 334 g/mol. The van der Waals surface area contributed by atoms with Crippen LogP contribution >= 0.6 is 15.9 Å². The SMILES string of the molecule is CCN(C(=O)COc1ccccc1Br)c1cccnc1. The van der Waals surface area contributed by atoms with Gasteiger partial charge in [0.15, 0.2) is 6.61 Å². The molecular formula is C15H15BrN2O2. The highest BCUT2D eigenvalue weighted by Gasteiger charge is 2.15. The van der Waals surface area contributed by atoms with Gasteiger partial charge in [-0.15, -0.1) is 0 Å². The lowest BCUT2D eigenvalue weighted by atomic mass is 10.3. The van der Waals surface area contributed by atoms with Gasteiger partial charge in [0.25, 0.3) is 5.91 Å². The molecule has 4 nitrogen and oxygen atoms in total. The molecule has 1 aromatic carbocycles. The van der Waals surface area contributed by atoms with E-state index in [1.807, 2.05) is 37.3 Å². The maximum Gasteiger partial charge on any atom is 0.264 e. The van der Waals surface area contributed by atoms with Crippen molar-refractivity contribution in [2.45, 2.75) is 6.92 Å². The number of carbonyl (C=O) groups is 1. The Kier molecular flexibility index (Phi) is 5.12. The molecule has 104 valence electrons. The van der Waals surface area contributed by atoms with E-state index in [0.29, 0.717) is 12.3 Å². The Labute approximate surface area is 126 Å². The van der Waals surface area contributed by atoms with Crippen molar-refractivity contribution in [1.82, 2.24) is 4.98 Å². The van der Waals surface area contributed by atoms with Crippen LogP contribution in [0.4, 0.5) is 5.69 Å². The summed E-state index contributed by atoms with van der Waals surface area (Å²) in [6.45, 7) is 2.48. The molecule has 1 aromatic heterocycles. The van der Waals surface area contributed by atoms with Crippen LogP contribution in [-0.2, 0) is 4.79 Å². The standard InChI is InChI=1S/C15H15BrN2O2/c1-2-18(12-6-5-9-17-10-12)15(19)11-20-14-8-4-3-7-13(14)16/h3-10H,2,11H2,1H3. The minimum atomic E-state index is -0.101. The van der Waals surface area contributed by atoms with Crippen molar-refractivity contribution < 1.29 is 9.53 Å². The number of likely N-dealkylation sites (N-methyl/N-ethyl adjacent to an activating group) is 1. The summed E-state index contributed by atoms with van der Waals surface area (Å²) in [5.41, 5.74) is 0.774. The molecule has 0 aliphatic heterocycles. The minimum absolute atomic E-state index is 0.00858. The molecular weight excluding hydrogens is 320 g/mol. The summed E-state index contributed by atoms with van der Waals surface area (Å²) in [6.07, 6.45) is 3.35. The number of hydrogen-bond acceptors (Lipinski definition) is 3. The van der Waals surface area contributed by atoms with Crippen LogP contribution in [0.1, 0.15) is 6.92 Å². The third-order valence-electron chi connectivity index (χ3n) is 2.76. The molecule has 0 N–H and O–H groups in total. The van der Waals surface area contributed by atoms with Gasteiger partial charge >= 0.3 is 0 Å². The third-order valence-corrected chi connectivity index (χ3v) is 3.42. The molecule has 1 amide bonds. The predicted molar refractivity (Wildman–Crippen MR) is 81.9 cm³/mol. The first-order valence-corrected chi connectivity index (χ1v) is 7.09. The van der Waals surface area contributed by atoms with E-state index < -0.39 is 0 Å². The summed E-state index contributed by atoms with van der Waals surface area (Å²) >= 11 is 3.39. The molecule has 20 heavy (non-hydrogen) atoms. The fraction of sp³-hybridized carbons (Fsp3) is 0.200. The lowest BCUT2D eigenvalue weighted by Crippen LogP contribution is -2.34. The summed E-state index contributed by atoms with van der Waals surface area (Å²) in [4.78, 5) is 17.9. The lowest BCUT2D eigenvalue weighted by molar-refractivity contribution is -0.120. The average molecular weight is 335 g/mol. The maximum absolute atomic E-state index is 12.2. The molecule has 0 unspecified atom stereocenters. The van der Waals surface area contributed by atoms with E-state index in [1.54, 1.807) is 23.4 Å². The zero-order valence-electron chi connectivity index (χ0n) is 11.1. The number of para-hydroxylation sites is 1. The fourth-order valence-corrected chi connectivity index (χ4v) is 2.19. The molecule has 0 bridgehead atoms. The number of anilines is 1. The van der Waals surface area contributed by atoms with Crippen molar-refractivity contribution in [3.05, 3.63) is 53.3 Å². The second-order valence-electron chi connectivity index (χ2n) is 4.07. The van der Waals surface area contributed by atoms with E-state index >= 15 is 0 Å². The highest BCUT2D eigenvalue weighted by Crippen LogP contribution is 2.23. The summed E-state index contributed by atoms with van der Waals surface area (Å²) in [5.74, 6) is 0.555. The predicted octanol–water partition coefficient (Wildman–Crippen LogP) is 3.28. The Morgan fingerprint density at radius 2 is 2.10 bits per heavy atom. The number of rotatable bonds is 5. The quantitative estimate of drug-likeness (QED) is 0.842. The van der Waals surface area contributed by atoms with Crippen molar-refractivity contribution in [1.29, 1.82) is 0 Å². The normalized spacial score (nSPS) is 10.1. The number of benzene rings is 1. The van der Waals surface area contributed by atoms with Crippen LogP contribution in [0.15, 0.2) is 53.3 Å². The van der Waals surface area contributed by atoms with Crippen molar-refractivity contribution in [2.75, 3.05) is 18.1 Å². The largest absolute Gasteiger partial charge is 0.483 e. The van der Waals surface area contributed by atoms with Gasteiger partial charge in [0.1, 0.15) is 5.75 Å². The van der Waals surface area contributed by atoms with E-state index in [2.05, 4.69) is 20.9 Å². The van der Waals surface area contributed by atoms with Crippen LogP contribution in [0.3, 0.4) is 0 Å². The van der Waals surface area contributed by atoms with Gasteiger partial charge in [0, 0.05) is 12.7 Å².